The number of rotatable bonds is 11. The summed E-state index contributed by atoms with van der Waals surface area (Å²) in [5.41, 5.74) is 0.458. The minimum atomic E-state index is -1.09. The van der Waals surface area contributed by atoms with Crippen LogP contribution in [0.15, 0.2) is 33.9 Å². The zero-order chi connectivity index (χ0) is 35.8. The normalized spacial score (nSPS) is 22.6. The molecule has 4 amide bonds. The summed E-state index contributed by atoms with van der Waals surface area (Å²) in [6, 6.07) is 3.94. The summed E-state index contributed by atoms with van der Waals surface area (Å²) in [7, 11) is 0. The van der Waals surface area contributed by atoms with Gasteiger partial charge in [0, 0.05) is 41.5 Å². The minimum Gasteiger partial charge on any atom is -0.387 e. The third-order valence-electron chi connectivity index (χ3n) is 9.88. The second kappa shape index (κ2) is 14.2. The van der Waals surface area contributed by atoms with E-state index in [1.807, 2.05) is 33.8 Å². The number of halogens is 1. The van der Waals surface area contributed by atoms with E-state index in [2.05, 4.69) is 26.3 Å². The number of aryl methyl sites for hydroxylation is 1. The lowest BCUT2D eigenvalue weighted by atomic mass is 9.85. The number of aromatic nitrogens is 1. The predicted octanol–water partition coefficient (Wildman–Crippen LogP) is 3.65. The summed E-state index contributed by atoms with van der Waals surface area (Å²) in [6.07, 6.45) is 6.00. The summed E-state index contributed by atoms with van der Waals surface area (Å²) in [5.74, 6) is -2.38. The number of Topliss-reactive ketones (excluding diaryl/α,β-unsaturated/α-hetero) is 1. The fourth-order valence-corrected chi connectivity index (χ4v) is 7.19. The Morgan fingerprint density at radius 3 is 2.56 bits per heavy atom. The molecule has 1 spiro atoms. The first-order chi connectivity index (χ1) is 23.8. The van der Waals surface area contributed by atoms with Crippen molar-refractivity contribution in [1.82, 2.24) is 26.0 Å². The number of hydrogen-bond donors (Lipinski definition) is 3. The number of nitrogens with zero attached hydrogens (tertiary/aromatic N) is 3. The van der Waals surface area contributed by atoms with Crippen LogP contribution in [0.4, 0.5) is 0 Å². The number of benzene rings is 1. The smallest absolute Gasteiger partial charge is 0.289 e. The van der Waals surface area contributed by atoms with Crippen LogP contribution in [0.25, 0.3) is 0 Å². The highest BCUT2D eigenvalue weighted by Gasteiger charge is 2.56. The molecule has 1 saturated heterocycles. The first-order valence-electron chi connectivity index (χ1n) is 17.5. The molecule has 268 valence electrons. The number of amides is 4. The summed E-state index contributed by atoms with van der Waals surface area (Å²) in [4.78, 5) is 75.9. The lowest BCUT2D eigenvalue weighted by Gasteiger charge is -2.35. The van der Waals surface area contributed by atoms with Crippen molar-refractivity contribution in [1.29, 1.82) is 0 Å². The van der Waals surface area contributed by atoms with E-state index in [-0.39, 0.29) is 31.1 Å². The van der Waals surface area contributed by atoms with Crippen LogP contribution in [0.3, 0.4) is 0 Å². The van der Waals surface area contributed by atoms with Crippen LogP contribution in [0.1, 0.15) is 106 Å². The molecule has 1 aromatic carbocycles. The Balaban J connectivity index is 1.27. The maximum Gasteiger partial charge on any atom is 0.289 e. The Kier molecular flexibility index (Phi) is 10.1. The van der Waals surface area contributed by atoms with Gasteiger partial charge in [-0.05, 0) is 56.1 Å². The SMILES string of the molecule is CCC[C@H](NC(=O)[C@@H]1C[C@]2(CC(c3cccc(Cl)c3)=NO2)CN1C(=O)[C@@H](NC(=O)c1noc2c1CCCC2)C(C)(C)C)C(=O)C(=O)NC1CC1. The van der Waals surface area contributed by atoms with Gasteiger partial charge < -0.3 is 30.2 Å². The van der Waals surface area contributed by atoms with Gasteiger partial charge in [0.05, 0.1) is 18.3 Å². The lowest BCUT2D eigenvalue weighted by molar-refractivity contribution is -0.144. The number of nitrogens with one attached hydrogen (secondary N) is 3. The molecule has 4 atom stereocenters. The Morgan fingerprint density at radius 2 is 1.86 bits per heavy atom. The van der Waals surface area contributed by atoms with Gasteiger partial charge in [0.1, 0.15) is 17.8 Å². The molecular weight excluding hydrogens is 664 g/mol. The standard InChI is InChI=1S/C36H45ClN6O7/c1-5-9-24(29(44)33(47)38-22-14-15-22)39-31(45)26-18-36(17-25(41-50-36)20-10-8-11-21(37)16-20)19-43(26)34(48)30(35(2,3)4)40-32(46)28-23-12-6-7-13-27(23)49-42-28/h8,10-11,16,22,24,26,30H,5-7,9,12-15,17-19H2,1-4H3,(H,38,47)(H,39,45)(H,40,46)/t24-,26-,30+,36+/m0/s1. The van der Waals surface area contributed by atoms with E-state index in [1.165, 1.54) is 4.90 Å². The van der Waals surface area contributed by atoms with Gasteiger partial charge in [-0.15, -0.1) is 0 Å². The molecule has 4 aliphatic rings. The van der Waals surface area contributed by atoms with Gasteiger partial charge in [0.15, 0.2) is 11.3 Å². The second-order valence-corrected chi connectivity index (χ2v) is 15.5. The molecule has 6 rings (SSSR count). The largest absolute Gasteiger partial charge is 0.387 e. The summed E-state index contributed by atoms with van der Waals surface area (Å²) in [5, 5.41) is 17.3. The monoisotopic (exact) mass is 708 g/mol. The van der Waals surface area contributed by atoms with Crippen LogP contribution in [-0.4, -0.2) is 81.5 Å². The minimum absolute atomic E-state index is 0.00610. The number of hydrogen-bond acceptors (Lipinski definition) is 9. The van der Waals surface area contributed by atoms with E-state index in [9.17, 15) is 24.0 Å². The molecule has 3 heterocycles. The van der Waals surface area contributed by atoms with Gasteiger partial charge in [-0.1, -0.05) is 68.2 Å². The number of ketones is 1. The molecule has 1 saturated carbocycles. The van der Waals surface area contributed by atoms with E-state index in [1.54, 1.807) is 18.2 Å². The van der Waals surface area contributed by atoms with Gasteiger partial charge in [0.2, 0.25) is 17.6 Å². The number of carbonyl (C=O) groups is 5. The molecule has 13 nitrogen and oxygen atoms in total. The van der Waals surface area contributed by atoms with Gasteiger partial charge in [-0.25, -0.2) is 0 Å². The Bertz CT molecular complexity index is 1710. The topological polar surface area (TPSA) is 172 Å². The summed E-state index contributed by atoms with van der Waals surface area (Å²) < 4.78 is 5.47. The zero-order valence-corrected chi connectivity index (χ0v) is 29.7. The van der Waals surface area contributed by atoms with Crippen molar-refractivity contribution in [3.8, 4) is 0 Å². The molecule has 1 aromatic heterocycles. The molecule has 3 N–H and O–H groups in total. The number of oxime groups is 1. The third kappa shape index (κ3) is 7.57. The Labute approximate surface area is 296 Å². The van der Waals surface area contributed by atoms with Crippen LogP contribution in [0.2, 0.25) is 5.02 Å². The van der Waals surface area contributed by atoms with Crippen molar-refractivity contribution in [3.63, 3.8) is 0 Å². The van der Waals surface area contributed by atoms with Crippen LogP contribution < -0.4 is 16.0 Å². The Hall–Kier alpha value is -4.26. The molecule has 2 aromatic rings. The second-order valence-electron chi connectivity index (χ2n) is 15.1. The maximum atomic E-state index is 14.7. The highest BCUT2D eigenvalue weighted by molar-refractivity contribution is 6.38. The van der Waals surface area contributed by atoms with Crippen LogP contribution in [0, 0.1) is 5.41 Å². The lowest BCUT2D eigenvalue weighted by Crippen LogP contribution is -2.59. The predicted molar refractivity (Wildman–Crippen MR) is 183 cm³/mol. The average Bonchev–Trinajstić information content (AvgIpc) is 3.47. The van der Waals surface area contributed by atoms with Crippen molar-refractivity contribution in [3.05, 3.63) is 51.9 Å². The maximum absolute atomic E-state index is 14.7. The number of likely N-dealkylation sites (tertiary alicyclic amines) is 1. The van der Waals surface area contributed by atoms with Gasteiger partial charge >= 0.3 is 0 Å². The first-order valence-corrected chi connectivity index (χ1v) is 17.9. The summed E-state index contributed by atoms with van der Waals surface area (Å²) in [6.45, 7) is 7.34. The molecule has 0 unspecified atom stereocenters. The van der Waals surface area contributed by atoms with Crippen LogP contribution >= 0.6 is 11.6 Å². The highest BCUT2D eigenvalue weighted by atomic mass is 35.5. The van der Waals surface area contributed by atoms with E-state index >= 15 is 0 Å². The molecule has 2 aliphatic heterocycles. The zero-order valence-electron chi connectivity index (χ0n) is 29.0. The molecule has 0 bridgehead atoms. The van der Waals surface area contributed by atoms with Crippen molar-refractivity contribution in [2.45, 2.75) is 122 Å². The van der Waals surface area contributed by atoms with E-state index in [0.717, 1.165) is 36.8 Å². The first kappa shape index (κ1) is 35.6. The quantitative estimate of drug-likeness (QED) is 0.297. The van der Waals surface area contributed by atoms with Crippen LogP contribution in [0.5, 0.6) is 0 Å². The molecule has 0 radical (unpaired) electrons. The van der Waals surface area contributed by atoms with Crippen molar-refractivity contribution >= 4 is 46.7 Å². The molecule has 2 aliphatic carbocycles. The number of fused-ring (bicyclic) bond motifs is 1. The molecule has 2 fully saturated rings. The van der Waals surface area contributed by atoms with Gasteiger partial charge in [-0.3, -0.25) is 24.0 Å². The fraction of sp³-hybridized carbons (Fsp3) is 0.583. The van der Waals surface area contributed by atoms with E-state index < -0.39 is 58.6 Å². The number of carbonyl (C=O) groups excluding carboxylic acids is 5. The van der Waals surface area contributed by atoms with Crippen LogP contribution in [-0.2, 0) is 36.9 Å². The van der Waals surface area contributed by atoms with E-state index in [4.69, 9.17) is 21.0 Å². The Morgan fingerprint density at radius 1 is 1.10 bits per heavy atom. The molecular formula is C36H45ClN6O7. The van der Waals surface area contributed by atoms with Gasteiger partial charge in [0.25, 0.3) is 11.8 Å². The molecule has 14 heteroatoms. The van der Waals surface area contributed by atoms with Crippen molar-refractivity contribution in [2.75, 3.05) is 6.54 Å². The van der Waals surface area contributed by atoms with E-state index in [0.29, 0.717) is 42.2 Å². The fourth-order valence-electron chi connectivity index (χ4n) is 7.00. The van der Waals surface area contributed by atoms with Gasteiger partial charge in [-0.2, -0.15) is 0 Å². The van der Waals surface area contributed by atoms with Crippen molar-refractivity contribution in [2.24, 2.45) is 10.6 Å². The summed E-state index contributed by atoms with van der Waals surface area (Å²) >= 11 is 6.25. The third-order valence-corrected chi connectivity index (χ3v) is 10.1. The molecule has 50 heavy (non-hydrogen) atoms. The van der Waals surface area contributed by atoms with Crippen molar-refractivity contribution < 1.29 is 33.3 Å². The highest BCUT2D eigenvalue weighted by Crippen LogP contribution is 2.40. The average molecular weight is 709 g/mol.